The van der Waals surface area contributed by atoms with E-state index in [0.29, 0.717) is 24.3 Å². The molecule has 3 unspecified atom stereocenters. The average molecular weight is 297 g/mol. The van der Waals surface area contributed by atoms with Crippen LogP contribution in [0, 0.1) is 17.3 Å². The summed E-state index contributed by atoms with van der Waals surface area (Å²) in [5, 5.41) is 3.28. The van der Waals surface area contributed by atoms with Gasteiger partial charge in [-0.3, -0.25) is 0 Å². The third kappa shape index (κ3) is 5.94. The fourth-order valence-corrected chi connectivity index (χ4v) is 3.73. The van der Waals surface area contributed by atoms with Gasteiger partial charge in [-0.25, -0.2) is 0 Å². The number of halogens is 3. The lowest BCUT2D eigenvalue weighted by atomic mass is 9.67. The molecule has 1 aliphatic rings. The molecule has 1 nitrogen and oxygen atoms in total. The van der Waals surface area contributed by atoms with Gasteiger partial charge in [0.15, 0.2) is 0 Å². The monoisotopic (exact) mass is 297 g/mol. The number of hydrogen-bond acceptors (Lipinski definition) is 2. The molecule has 5 heteroatoms. The van der Waals surface area contributed by atoms with E-state index in [1.54, 1.807) is 0 Å². The summed E-state index contributed by atoms with van der Waals surface area (Å²) in [5.74, 6) is 1.18. The standard InChI is InChI=1S/C14H26F3NS/c1-13(2,3)11-5-6-12(18-4)10(9-11)7-8-19-14(15,16)17/h10-12,18H,5-9H2,1-4H3. The number of thioether (sulfide) groups is 1. The van der Waals surface area contributed by atoms with Crippen LogP contribution in [-0.4, -0.2) is 24.4 Å². The summed E-state index contributed by atoms with van der Waals surface area (Å²) < 4.78 is 36.6. The summed E-state index contributed by atoms with van der Waals surface area (Å²) in [5.41, 5.74) is -3.83. The van der Waals surface area contributed by atoms with Crippen LogP contribution in [0.5, 0.6) is 0 Å². The van der Waals surface area contributed by atoms with Crippen LogP contribution in [0.3, 0.4) is 0 Å². The van der Waals surface area contributed by atoms with Crippen LogP contribution in [0.25, 0.3) is 0 Å². The van der Waals surface area contributed by atoms with Gasteiger partial charge in [-0.05, 0) is 50.0 Å². The number of rotatable bonds is 4. The van der Waals surface area contributed by atoms with E-state index in [2.05, 4.69) is 26.1 Å². The van der Waals surface area contributed by atoms with Crippen molar-refractivity contribution in [3.63, 3.8) is 0 Å². The van der Waals surface area contributed by atoms with E-state index in [9.17, 15) is 13.2 Å². The molecule has 0 radical (unpaired) electrons. The van der Waals surface area contributed by atoms with Crippen molar-refractivity contribution in [2.45, 2.75) is 58.0 Å². The second kappa shape index (κ2) is 6.70. The van der Waals surface area contributed by atoms with Crippen LogP contribution in [0.15, 0.2) is 0 Å². The summed E-state index contributed by atoms with van der Waals surface area (Å²) in [6.07, 6.45) is 3.97. The Balaban J connectivity index is 2.51. The Kier molecular flexibility index (Phi) is 6.05. The molecule has 1 aliphatic carbocycles. The predicted octanol–water partition coefficient (Wildman–Crippen LogP) is 4.68. The van der Waals surface area contributed by atoms with E-state index < -0.39 is 5.51 Å². The van der Waals surface area contributed by atoms with Crippen LogP contribution >= 0.6 is 11.8 Å². The minimum Gasteiger partial charge on any atom is -0.317 e. The SMILES string of the molecule is CNC1CCC(C(C)(C)C)CC1CCSC(F)(F)F. The third-order valence-corrected chi connectivity index (χ3v) is 5.10. The quantitative estimate of drug-likeness (QED) is 0.808. The minimum absolute atomic E-state index is 0.121. The van der Waals surface area contributed by atoms with Gasteiger partial charge in [0, 0.05) is 11.8 Å². The molecule has 19 heavy (non-hydrogen) atoms. The van der Waals surface area contributed by atoms with Gasteiger partial charge in [-0.1, -0.05) is 32.5 Å². The molecule has 1 saturated carbocycles. The van der Waals surface area contributed by atoms with E-state index in [-0.39, 0.29) is 22.9 Å². The van der Waals surface area contributed by atoms with Crippen LogP contribution in [0.4, 0.5) is 13.2 Å². The fraction of sp³-hybridized carbons (Fsp3) is 1.00. The van der Waals surface area contributed by atoms with Crippen LogP contribution in [0.2, 0.25) is 0 Å². The zero-order chi connectivity index (χ0) is 14.7. The lowest BCUT2D eigenvalue weighted by Crippen LogP contribution is -2.41. The topological polar surface area (TPSA) is 12.0 Å². The predicted molar refractivity (Wildman–Crippen MR) is 76.3 cm³/mol. The molecule has 0 saturated heterocycles. The third-order valence-electron chi connectivity index (χ3n) is 4.33. The molecule has 1 fully saturated rings. The normalized spacial score (nSPS) is 29.5. The van der Waals surface area contributed by atoms with Gasteiger partial charge in [0.1, 0.15) is 0 Å². The van der Waals surface area contributed by atoms with Gasteiger partial charge in [-0.15, -0.1) is 0 Å². The van der Waals surface area contributed by atoms with Crippen molar-refractivity contribution in [3.05, 3.63) is 0 Å². The first-order valence-electron chi connectivity index (χ1n) is 7.01. The molecule has 0 aromatic heterocycles. The van der Waals surface area contributed by atoms with Gasteiger partial charge < -0.3 is 5.32 Å². The van der Waals surface area contributed by atoms with Crippen LogP contribution in [0.1, 0.15) is 46.5 Å². The molecule has 3 atom stereocenters. The molecule has 0 aromatic rings. The Morgan fingerprint density at radius 2 is 1.79 bits per heavy atom. The van der Waals surface area contributed by atoms with Crippen molar-refractivity contribution >= 4 is 11.8 Å². The van der Waals surface area contributed by atoms with Crippen LogP contribution < -0.4 is 5.32 Å². The highest BCUT2D eigenvalue weighted by Gasteiger charge is 2.36. The first-order valence-corrected chi connectivity index (χ1v) is 8.00. The van der Waals surface area contributed by atoms with E-state index in [4.69, 9.17) is 0 Å². The highest BCUT2D eigenvalue weighted by molar-refractivity contribution is 8.00. The van der Waals surface area contributed by atoms with Gasteiger partial charge in [-0.2, -0.15) is 13.2 Å². The highest BCUT2D eigenvalue weighted by atomic mass is 32.2. The van der Waals surface area contributed by atoms with Crippen molar-refractivity contribution in [1.29, 1.82) is 0 Å². The number of nitrogens with one attached hydrogen (secondary N) is 1. The lowest BCUT2D eigenvalue weighted by Gasteiger charge is -2.42. The van der Waals surface area contributed by atoms with E-state index in [0.717, 1.165) is 12.8 Å². The maximum absolute atomic E-state index is 12.2. The Morgan fingerprint density at radius 1 is 1.16 bits per heavy atom. The molecule has 0 heterocycles. The highest BCUT2D eigenvalue weighted by Crippen LogP contribution is 2.42. The molecule has 0 aliphatic heterocycles. The largest absolute Gasteiger partial charge is 0.441 e. The molecule has 0 spiro atoms. The second-order valence-corrected chi connectivity index (χ2v) is 7.77. The summed E-state index contributed by atoms with van der Waals surface area (Å²) in [6.45, 7) is 6.71. The van der Waals surface area contributed by atoms with Crippen molar-refractivity contribution in [2.75, 3.05) is 12.8 Å². The smallest absolute Gasteiger partial charge is 0.317 e. The first kappa shape index (κ1) is 17.2. The van der Waals surface area contributed by atoms with Gasteiger partial charge >= 0.3 is 5.51 Å². The van der Waals surface area contributed by atoms with Gasteiger partial charge in [0.25, 0.3) is 0 Å². The molecular weight excluding hydrogens is 271 g/mol. The van der Waals surface area contributed by atoms with Crippen LogP contribution in [-0.2, 0) is 0 Å². The van der Waals surface area contributed by atoms with E-state index in [1.165, 1.54) is 6.42 Å². The van der Waals surface area contributed by atoms with E-state index in [1.807, 2.05) is 7.05 Å². The molecule has 0 bridgehead atoms. The van der Waals surface area contributed by atoms with Crippen molar-refractivity contribution in [2.24, 2.45) is 17.3 Å². The number of hydrogen-bond donors (Lipinski definition) is 1. The Hall–Kier alpha value is 0.100. The Morgan fingerprint density at radius 3 is 2.26 bits per heavy atom. The number of alkyl halides is 3. The summed E-state index contributed by atoms with van der Waals surface area (Å²) in [6, 6.07) is 0.382. The van der Waals surface area contributed by atoms with Crippen molar-refractivity contribution in [3.8, 4) is 0 Å². The molecular formula is C14H26F3NS. The second-order valence-electron chi connectivity index (χ2n) is 6.61. The fourth-order valence-electron chi connectivity index (χ4n) is 3.08. The van der Waals surface area contributed by atoms with E-state index >= 15 is 0 Å². The first-order chi connectivity index (χ1) is 8.63. The summed E-state index contributed by atoms with van der Waals surface area (Å²) in [7, 11) is 1.92. The van der Waals surface area contributed by atoms with Gasteiger partial charge in [0.05, 0.1) is 0 Å². The Labute approximate surface area is 119 Å². The molecule has 0 amide bonds. The van der Waals surface area contributed by atoms with Crippen molar-refractivity contribution < 1.29 is 13.2 Å². The molecule has 0 aromatic carbocycles. The van der Waals surface area contributed by atoms with Gasteiger partial charge in [0.2, 0.25) is 0 Å². The molecule has 114 valence electrons. The zero-order valence-electron chi connectivity index (χ0n) is 12.3. The molecule has 1 rings (SSSR count). The maximum atomic E-state index is 12.2. The van der Waals surface area contributed by atoms with Crippen molar-refractivity contribution in [1.82, 2.24) is 5.32 Å². The zero-order valence-corrected chi connectivity index (χ0v) is 13.1. The Bertz CT molecular complexity index is 273. The maximum Gasteiger partial charge on any atom is 0.441 e. The summed E-state index contributed by atoms with van der Waals surface area (Å²) >= 11 is 0.121. The summed E-state index contributed by atoms with van der Waals surface area (Å²) in [4.78, 5) is 0. The average Bonchev–Trinajstić information content (AvgIpc) is 2.26. The minimum atomic E-state index is -4.09. The molecule has 1 N–H and O–H groups in total. The lowest BCUT2D eigenvalue weighted by molar-refractivity contribution is -0.0329.